The molecule has 0 saturated carbocycles. The van der Waals surface area contributed by atoms with Gasteiger partial charge in [0.25, 0.3) is 0 Å². The van der Waals surface area contributed by atoms with E-state index in [1.165, 1.54) is 18.6 Å². The van der Waals surface area contributed by atoms with E-state index in [1.807, 2.05) is 25.7 Å². The molecule has 0 aromatic heterocycles. The molecule has 4 heteroatoms. The quantitative estimate of drug-likeness (QED) is 0.747. The average molecular weight is 230 g/mol. The van der Waals surface area contributed by atoms with Crippen molar-refractivity contribution in [3.8, 4) is 0 Å². The summed E-state index contributed by atoms with van der Waals surface area (Å²) in [5, 5.41) is 6.07. The minimum Gasteiger partial charge on any atom is -0.354 e. The molecule has 0 radical (unpaired) electrons. The number of rotatable bonds is 5. The fourth-order valence-corrected chi connectivity index (χ4v) is 3.07. The summed E-state index contributed by atoms with van der Waals surface area (Å²) in [7, 11) is 1.87. The van der Waals surface area contributed by atoms with Crippen LogP contribution in [0, 0.1) is 5.92 Å². The molecule has 2 N–H and O–H groups in total. The predicted molar refractivity (Wildman–Crippen MR) is 66.2 cm³/mol. The maximum atomic E-state index is 11.7. The molecule has 0 aromatic rings. The molecule has 1 aliphatic rings. The summed E-state index contributed by atoms with van der Waals surface area (Å²) in [6.45, 7) is 5.75. The minimum absolute atomic E-state index is 0.0602. The lowest BCUT2D eigenvalue weighted by Crippen LogP contribution is -2.41. The van der Waals surface area contributed by atoms with Crippen LogP contribution in [0.3, 0.4) is 0 Å². The van der Waals surface area contributed by atoms with Crippen LogP contribution in [0.25, 0.3) is 0 Å². The van der Waals surface area contributed by atoms with Gasteiger partial charge in [-0.2, -0.15) is 11.8 Å². The van der Waals surface area contributed by atoms with Gasteiger partial charge in [0.2, 0.25) is 5.91 Å². The van der Waals surface area contributed by atoms with Crippen LogP contribution in [0.4, 0.5) is 0 Å². The van der Waals surface area contributed by atoms with Crippen LogP contribution in [0.5, 0.6) is 0 Å². The second-order valence-corrected chi connectivity index (χ2v) is 6.26. The lowest BCUT2D eigenvalue weighted by atomic mass is 10.1. The fraction of sp³-hybridized carbons (Fsp3) is 0.909. The highest BCUT2D eigenvalue weighted by Crippen LogP contribution is 2.36. The summed E-state index contributed by atoms with van der Waals surface area (Å²) in [5.41, 5.74) is 0. The Kier molecular flexibility index (Phi) is 4.93. The van der Waals surface area contributed by atoms with Crippen molar-refractivity contribution in [2.24, 2.45) is 5.92 Å². The lowest BCUT2D eigenvalue weighted by Gasteiger charge is -2.24. The van der Waals surface area contributed by atoms with Gasteiger partial charge in [-0.3, -0.25) is 4.79 Å². The molecule has 1 aliphatic heterocycles. The van der Waals surface area contributed by atoms with Crippen molar-refractivity contribution in [3.63, 3.8) is 0 Å². The molecule has 0 spiro atoms. The molecule has 1 rings (SSSR count). The summed E-state index contributed by atoms with van der Waals surface area (Å²) in [6, 6.07) is 0. The van der Waals surface area contributed by atoms with Gasteiger partial charge in [-0.05, 0) is 32.6 Å². The number of carbonyl (C=O) groups is 1. The number of amides is 1. The van der Waals surface area contributed by atoms with E-state index in [-0.39, 0.29) is 16.6 Å². The average Bonchev–Trinajstić information content (AvgIpc) is 2.63. The monoisotopic (exact) mass is 230 g/mol. The Balaban J connectivity index is 2.26. The fourth-order valence-electron chi connectivity index (χ4n) is 1.82. The Bertz CT molecular complexity index is 215. The van der Waals surface area contributed by atoms with Crippen LogP contribution in [0.1, 0.15) is 26.7 Å². The zero-order valence-electron chi connectivity index (χ0n) is 9.93. The molecule has 3 nitrogen and oxygen atoms in total. The molecule has 88 valence electrons. The molecular weight excluding hydrogens is 208 g/mol. The van der Waals surface area contributed by atoms with Gasteiger partial charge in [0, 0.05) is 23.8 Å². The molecule has 0 bridgehead atoms. The van der Waals surface area contributed by atoms with Gasteiger partial charge in [-0.25, -0.2) is 0 Å². The van der Waals surface area contributed by atoms with Crippen LogP contribution < -0.4 is 10.6 Å². The Morgan fingerprint density at radius 3 is 2.87 bits per heavy atom. The van der Waals surface area contributed by atoms with E-state index in [9.17, 15) is 4.79 Å². The molecule has 1 fully saturated rings. The van der Waals surface area contributed by atoms with Crippen LogP contribution >= 0.6 is 11.8 Å². The highest BCUT2D eigenvalue weighted by molar-refractivity contribution is 8.00. The lowest BCUT2D eigenvalue weighted by molar-refractivity contribution is -0.124. The minimum atomic E-state index is 0.0602. The van der Waals surface area contributed by atoms with E-state index in [2.05, 4.69) is 17.6 Å². The molecular formula is C11H22N2OS. The molecule has 0 aromatic carbocycles. The molecule has 1 amide bonds. The van der Waals surface area contributed by atoms with E-state index in [4.69, 9.17) is 0 Å². The summed E-state index contributed by atoms with van der Waals surface area (Å²) in [4.78, 5) is 11.7. The largest absolute Gasteiger partial charge is 0.354 e. The van der Waals surface area contributed by atoms with Crippen LogP contribution in [-0.2, 0) is 4.79 Å². The first-order chi connectivity index (χ1) is 7.07. The SMILES string of the molecule is CNCC(C)C(=O)NCC1(C)CCCS1. The van der Waals surface area contributed by atoms with Gasteiger partial charge in [0.05, 0.1) is 0 Å². The van der Waals surface area contributed by atoms with Crippen LogP contribution in [0.2, 0.25) is 0 Å². The summed E-state index contributed by atoms with van der Waals surface area (Å²) < 4.78 is 0.273. The number of hydrogen-bond donors (Lipinski definition) is 2. The Labute approximate surface area is 96.8 Å². The van der Waals surface area contributed by atoms with Crippen molar-refractivity contribution < 1.29 is 4.79 Å². The van der Waals surface area contributed by atoms with Gasteiger partial charge in [0.15, 0.2) is 0 Å². The summed E-state index contributed by atoms with van der Waals surface area (Å²) in [6.07, 6.45) is 2.50. The second kappa shape index (κ2) is 5.75. The van der Waals surface area contributed by atoms with Crippen molar-refractivity contribution in [2.45, 2.75) is 31.4 Å². The third kappa shape index (κ3) is 4.03. The standard InChI is InChI=1S/C11H22N2OS/c1-9(7-12-3)10(14)13-8-11(2)5-4-6-15-11/h9,12H,4-8H2,1-3H3,(H,13,14). The summed E-state index contributed by atoms with van der Waals surface area (Å²) in [5.74, 6) is 1.46. The van der Waals surface area contributed by atoms with Crippen molar-refractivity contribution >= 4 is 17.7 Å². The molecule has 1 heterocycles. The molecule has 2 atom stereocenters. The van der Waals surface area contributed by atoms with Gasteiger partial charge < -0.3 is 10.6 Å². The van der Waals surface area contributed by atoms with Gasteiger partial charge in [-0.15, -0.1) is 0 Å². The third-order valence-electron chi connectivity index (χ3n) is 2.89. The third-order valence-corrected chi connectivity index (χ3v) is 4.43. The molecule has 15 heavy (non-hydrogen) atoms. The van der Waals surface area contributed by atoms with Crippen molar-refractivity contribution in [1.82, 2.24) is 10.6 Å². The van der Waals surface area contributed by atoms with Crippen LogP contribution in [0.15, 0.2) is 0 Å². The van der Waals surface area contributed by atoms with Gasteiger partial charge >= 0.3 is 0 Å². The highest BCUT2D eigenvalue weighted by atomic mass is 32.2. The van der Waals surface area contributed by atoms with E-state index in [1.54, 1.807) is 0 Å². The smallest absolute Gasteiger partial charge is 0.224 e. The zero-order chi connectivity index (χ0) is 11.3. The number of carbonyl (C=O) groups excluding carboxylic acids is 1. The summed E-state index contributed by atoms with van der Waals surface area (Å²) >= 11 is 1.98. The highest BCUT2D eigenvalue weighted by Gasteiger charge is 2.30. The van der Waals surface area contributed by atoms with E-state index < -0.39 is 0 Å². The zero-order valence-corrected chi connectivity index (χ0v) is 10.7. The van der Waals surface area contributed by atoms with E-state index in [0.717, 1.165) is 13.1 Å². The molecule has 0 aliphatic carbocycles. The predicted octanol–water partition coefficient (Wildman–Crippen LogP) is 1.24. The number of hydrogen-bond acceptors (Lipinski definition) is 3. The Hall–Kier alpha value is -0.220. The molecule has 2 unspecified atom stereocenters. The first-order valence-electron chi connectivity index (χ1n) is 5.64. The topological polar surface area (TPSA) is 41.1 Å². The normalized spacial score (nSPS) is 27.7. The maximum Gasteiger partial charge on any atom is 0.224 e. The van der Waals surface area contributed by atoms with Crippen molar-refractivity contribution in [3.05, 3.63) is 0 Å². The van der Waals surface area contributed by atoms with Crippen molar-refractivity contribution in [2.75, 3.05) is 25.9 Å². The van der Waals surface area contributed by atoms with Gasteiger partial charge in [0.1, 0.15) is 0 Å². The first-order valence-corrected chi connectivity index (χ1v) is 6.62. The van der Waals surface area contributed by atoms with Gasteiger partial charge in [-0.1, -0.05) is 6.92 Å². The molecule has 1 saturated heterocycles. The van der Waals surface area contributed by atoms with Crippen molar-refractivity contribution in [1.29, 1.82) is 0 Å². The second-order valence-electron chi connectivity index (χ2n) is 4.58. The van der Waals surface area contributed by atoms with E-state index >= 15 is 0 Å². The Morgan fingerprint density at radius 1 is 1.60 bits per heavy atom. The Morgan fingerprint density at radius 2 is 2.33 bits per heavy atom. The van der Waals surface area contributed by atoms with Crippen LogP contribution in [-0.4, -0.2) is 36.5 Å². The maximum absolute atomic E-state index is 11.7. The first kappa shape index (κ1) is 12.8. The number of nitrogens with one attached hydrogen (secondary N) is 2. The number of thioether (sulfide) groups is 1. The van der Waals surface area contributed by atoms with E-state index in [0.29, 0.717) is 0 Å².